The molecule has 0 aliphatic carbocycles. The van der Waals surface area contributed by atoms with E-state index >= 15 is 0 Å². The first-order chi connectivity index (χ1) is 8.31. The number of aromatic amines is 1. The van der Waals surface area contributed by atoms with Gasteiger partial charge >= 0.3 is 0 Å². The first-order valence-corrected chi connectivity index (χ1v) is 5.57. The fourth-order valence-corrected chi connectivity index (χ4v) is 1.82. The van der Waals surface area contributed by atoms with Crippen molar-refractivity contribution < 1.29 is 4.74 Å². The van der Waals surface area contributed by atoms with E-state index in [0.717, 1.165) is 16.7 Å². The molecule has 4 heteroatoms. The van der Waals surface area contributed by atoms with Crippen molar-refractivity contribution >= 4 is 22.5 Å². The molecule has 3 rings (SSSR count). The summed E-state index contributed by atoms with van der Waals surface area (Å²) in [5.41, 5.74) is 1.08. The van der Waals surface area contributed by atoms with Gasteiger partial charge in [-0.3, -0.25) is 0 Å². The van der Waals surface area contributed by atoms with Crippen LogP contribution in [0.15, 0.2) is 48.7 Å². The lowest BCUT2D eigenvalue weighted by molar-refractivity contribution is 0.464. The van der Waals surface area contributed by atoms with Crippen LogP contribution in [-0.2, 0) is 0 Å². The number of hydrogen-bond acceptors (Lipinski definition) is 2. The third-order valence-electron chi connectivity index (χ3n) is 2.44. The van der Waals surface area contributed by atoms with Gasteiger partial charge in [-0.2, -0.15) is 0 Å². The lowest BCUT2D eigenvalue weighted by atomic mass is 10.2. The number of hydrogen-bond donors (Lipinski definition) is 1. The normalized spacial score (nSPS) is 10.6. The molecule has 0 saturated heterocycles. The molecule has 0 aliphatic heterocycles. The maximum Gasteiger partial charge on any atom is 0.220 e. The molecule has 1 N–H and O–H groups in total. The maximum atomic E-state index is 5.79. The zero-order valence-electron chi connectivity index (χ0n) is 8.85. The molecule has 0 radical (unpaired) electrons. The van der Waals surface area contributed by atoms with E-state index in [1.807, 2.05) is 30.5 Å². The van der Waals surface area contributed by atoms with Crippen LogP contribution in [0.4, 0.5) is 0 Å². The van der Waals surface area contributed by atoms with Crippen LogP contribution in [0, 0.1) is 0 Å². The second-order valence-electron chi connectivity index (χ2n) is 3.63. The highest BCUT2D eigenvalue weighted by Crippen LogP contribution is 2.24. The average Bonchev–Trinajstić information content (AvgIpc) is 2.76. The Morgan fingerprint density at radius 3 is 2.94 bits per heavy atom. The SMILES string of the molecule is Clc1cccc(Oc2ccc3[nH]ccc3c2)n1. The first kappa shape index (κ1) is 10.2. The van der Waals surface area contributed by atoms with Gasteiger partial charge in [0.25, 0.3) is 0 Å². The summed E-state index contributed by atoms with van der Waals surface area (Å²) in [4.78, 5) is 7.20. The monoisotopic (exact) mass is 244 g/mol. The predicted molar refractivity (Wildman–Crippen MR) is 67.6 cm³/mol. The molecule has 0 spiro atoms. The molecule has 1 aromatic carbocycles. The number of nitrogens with zero attached hydrogens (tertiary/aromatic N) is 1. The third kappa shape index (κ3) is 2.10. The number of halogens is 1. The van der Waals surface area contributed by atoms with E-state index in [0.29, 0.717) is 11.0 Å². The summed E-state index contributed by atoms with van der Waals surface area (Å²) in [5, 5.41) is 1.52. The maximum absolute atomic E-state index is 5.79. The van der Waals surface area contributed by atoms with Gasteiger partial charge in [0.15, 0.2) is 0 Å². The van der Waals surface area contributed by atoms with Gasteiger partial charge in [-0.05, 0) is 30.3 Å². The van der Waals surface area contributed by atoms with Gasteiger partial charge in [0.05, 0.1) is 0 Å². The molecule has 2 aromatic heterocycles. The highest BCUT2D eigenvalue weighted by Gasteiger charge is 2.01. The summed E-state index contributed by atoms with van der Waals surface area (Å²) < 4.78 is 5.63. The van der Waals surface area contributed by atoms with Gasteiger partial charge < -0.3 is 9.72 Å². The molecular weight excluding hydrogens is 236 g/mol. The lowest BCUT2D eigenvalue weighted by Crippen LogP contribution is -1.87. The number of aromatic nitrogens is 2. The highest BCUT2D eigenvalue weighted by molar-refractivity contribution is 6.29. The Hall–Kier alpha value is -2.00. The third-order valence-corrected chi connectivity index (χ3v) is 2.65. The van der Waals surface area contributed by atoms with E-state index in [4.69, 9.17) is 16.3 Å². The van der Waals surface area contributed by atoms with Gasteiger partial charge in [0, 0.05) is 23.2 Å². The van der Waals surface area contributed by atoms with Gasteiger partial charge in [0.2, 0.25) is 5.88 Å². The number of fused-ring (bicyclic) bond motifs is 1. The number of pyridine rings is 1. The summed E-state index contributed by atoms with van der Waals surface area (Å²) >= 11 is 5.79. The molecule has 3 nitrogen and oxygen atoms in total. The van der Waals surface area contributed by atoms with Crippen LogP contribution in [0.5, 0.6) is 11.6 Å². The fourth-order valence-electron chi connectivity index (χ4n) is 1.66. The number of H-pyrrole nitrogens is 1. The van der Waals surface area contributed by atoms with E-state index in [-0.39, 0.29) is 0 Å². The molecule has 84 valence electrons. The summed E-state index contributed by atoms with van der Waals surface area (Å²) in [6, 6.07) is 13.1. The molecule has 0 bridgehead atoms. The second-order valence-corrected chi connectivity index (χ2v) is 4.01. The topological polar surface area (TPSA) is 37.9 Å². The molecule has 0 aliphatic rings. The van der Waals surface area contributed by atoms with Crippen molar-refractivity contribution in [1.82, 2.24) is 9.97 Å². The van der Waals surface area contributed by atoms with Gasteiger partial charge in [-0.1, -0.05) is 17.7 Å². The number of ether oxygens (including phenoxy) is 1. The predicted octanol–water partition coefficient (Wildman–Crippen LogP) is 4.01. The van der Waals surface area contributed by atoms with Crippen LogP contribution < -0.4 is 4.74 Å². The van der Waals surface area contributed by atoms with Gasteiger partial charge in [-0.25, -0.2) is 4.98 Å². The standard InChI is InChI=1S/C13H9ClN2O/c14-12-2-1-3-13(16-12)17-10-4-5-11-9(8-10)6-7-15-11/h1-8,15H. The molecule has 0 atom stereocenters. The smallest absolute Gasteiger partial charge is 0.220 e. The van der Waals surface area contributed by atoms with E-state index in [9.17, 15) is 0 Å². The molecular formula is C13H9ClN2O. The number of nitrogens with one attached hydrogen (secondary N) is 1. The second kappa shape index (κ2) is 4.11. The Balaban J connectivity index is 1.94. The van der Waals surface area contributed by atoms with Crippen molar-refractivity contribution in [2.45, 2.75) is 0 Å². The van der Waals surface area contributed by atoms with Crippen LogP contribution in [0.2, 0.25) is 5.15 Å². The number of benzene rings is 1. The summed E-state index contributed by atoms with van der Waals surface area (Å²) in [6.07, 6.45) is 1.89. The zero-order chi connectivity index (χ0) is 11.7. The summed E-state index contributed by atoms with van der Waals surface area (Å²) in [7, 11) is 0. The highest BCUT2D eigenvalue weighted by atomic mass is 35.5. The fraction of sp³-hybridized carbons (Fsp3) is 0. The van der Waals surface area contributed by atoms with E-state index in [1.165, 1.54) is 0 Å². The van der Waals surface area contributed by atoms with Crippen molar-refractivity contribution in [3.63, 3.8) is 0 Å². The Morgan fingerprint density at radius 2 is 2.06 bits per heavy atom. The van der Waals surface area contributed by atoms with Crippen molar-refractivity contribution in [1.29, 1.82) is 0 Å². The van der Waals surface area contributed by atoms with Crippen LogP contribution in [0.3, 0.4) is 0 Å². The van der Waals surface area contributed by atoms with Gasteiger partial charge in [0.1, 0.15) is 10.9 Å². The quantitative estimate of drug-likeness (QED) is 0.692. The summed E-state index contributed by atoms with van der Waals surface area (Å²) in [6.45, 7) is 0. The van der Waals surface area contributed by atoms with Crippen LogP contribution >= 0.6 is 11.6 Å². The Labute approximate surface area is 103 Å². The molecule has 17 heavy (non-hydrogen) atoms. The molecule has 2 heterocycles. The zero-order valence-corrected chi connectivity index (χ0v) is 9.61. The van der Waals surface area contributed by atoms with Gasteiger partial charge in [-0.15, -0.1) is 0 Å². The first-order valence-electron chi connectivity index (χ1n) is 5.19. The van der Waals surface area contributed by atoms with Crippen LogP contribution in [0.25, 0.3) is 10.9 Å². The molecule has 0 saturated carbocycles. The lowest BCUT2D eigenvalue weighted by Gasteiger charge is -2.04. The van der Waals surface area contributed by atoms with Crippen molar-refractivity contribution in [2.75, 3.05) is 0 Å². The minimum atomic E-state index is 0.422. The Kier molecular flexibility index (Phi) is 2.46. The summed E-state index contributed by atoms with van der Waals surface area (Å²) in [5.74, 6) is 1.24. The molecule has 0 amide bonds. The molecule has 0 unspecified atom stereocenters. The Bertz CT molecular complexity index is 663. The van der Waals surface area contributed by atoms with Crippen molar-refractivity contribution in [3.05, 3.63) is 53.8 Å². The van der Waals surface area contributed by atoms with Crippen LogP contribution in [0.1, 0.15) is 0 Å². The Morgan fingerprint density at radius 1 is 1.12 bits per heavy atom. The molecule has 0 fully saturated rings. The minimum absolute atomic E-state index is 0.422. The minimum Gasteiger partial charge on any atom is -0.439 e. The largest absolute Gasteiger partial charge is 0.439 e. The van der Waals surface area contributed by atoms with Crippen molar-refractivity contribution in [2.24, 2.45) is 0 Å². The van der Waals surface area contributed by atoms with E-state index in [1.54, 1.807) is 18.2 Å². The average molecular weight is 245 g/mol. The van der Waals surface area contributed by atoms with Crippen molar-refractivity contribution in [3.8, 4) is 11.6 Å². The van der Waals surface area contributed by atoms with Crippen LogP contribution in [-0.4, -0.2) is 9.97 Å². The van der Waals surface area contributed by atoms with E-state index in [2.05, 4.69) is 9.97 Å². The number of rotatable bonds is 2. The van der Waals surface area contributed by atoms with E-state index < -0.39 is 0 Å². The molecule has 3 aromatic rings.